The summed E-state index contributed by atoms with van der Waals surface area (Å²) in [6, 6.07) is 8.06. The Kier molecular flexibility index (Phi) is 5.37. The fourth-order valence-corrected chi connectivity index (χ4v) is 3.96. The maximum atomic E-state index is 12.3. The van der Waals surface area contributed by atoms with Gasteiger partial charge in [-0.2, -0.15) is 0 Å². The fraction of sp³-hybridized carbons (Fsp3) is 0.316. The fourth-order valence-electron chi connectivity index (χ4n) is 2.83. The van der Waals surface area contributed by atoms with Crippen LogP contribution in [0.5, 0.6) is 0 Å². The summed E-state index contributed by atoms with van der Waals surface area (Å²) >= 11 is 1.46. The first-order valence-electron chi connectivity index (χ1n) is 8.47. The highest BCUT2D eigenvalue weighted by atomic mass is 32.1. The molecule has 2 amide bonds. The number of aryl methyl sites for hydroxylation is 2. The Morgan fingerprint density at radius 1 is 1.15 bits per heavy atom. The molecule has 1 atom stereocenters. The van der Waals surface area contributed by atoms with Crippen LogP contribution >= 0.6 is 11.3 Å². The normalized spacial score (nSPS) is 14.2. The van der Waals surface area contributed by atoms with Crippen molar-refractivity contribution in [3.8, 4) is 0 Å². The van der Waals surface area contributed by atoms with E-state index in [0.29, 0.717) is 16.1 Å². The zero-order valence-electron chi connectivity index (χ0n) is 14.4. The van der Waals surface area contributed by atoms with E-state index in [-0.39, 0.29) is 0 Å². The standard InChI is InChI=1S/C19H20N2O4S/c1-11(18(23)21-14-8-6-12(7-9-14)17(20)22)25-19(24)16-10-13-4-2-3-5-15(13)26-16/h6-11H,2-5H2,1H3,(H2,20,22)(H,21,23)/t11-/m1/s1. The Labute approximate surface area is 155 Å². The SMILES string of the molecule is C[C@@H](OC(=O)c1cc2c(s1)CCCC2)C(=O)Nc1ccc(C(N)=O)cc1. The van der Waals surface area contributed by atoms with E-state index in [9.17, 15) is 14.4 Å². The number of amides is 2. The molecular weight excluding hydrogens is 352 g/mol. The smallest absolute Gasteiger partial charge is 0.349 e. The molecule has 7 heteroatoms. The van der Waals surface area contributed by atoms with Crippen LogP contribution in [0.3, 0.4) is 0 Å². The Morgan fingerprint density at radius 2 is 1.85 bits per heavy atom. The third-order valence-electron chi connectivity index (χ3n) is 4.29. The van der Waals surface area contributed by atoms with Gasteiger partial charge in [0.2, 0.25) is 5.91 Å². The van der Waals surface area contributed by atoms with Gasteiger partial charge in [-0.05, 0) is 68.5 Å². The molecule has 136 valence electrons. The van der Waals surface area contributed by atoms with Crippen LogP contribution in [-0.2, 0) is 22.4 Å². The minimum Gasteiger partial charge on any atom is -0.448 e. The molecule has 3 rings (SSSR count). The number of benzene rings is 1. The van der Waals surface area contributed by atoms with Crippen LogP contribution in [-0.4, -0.2) is 23.9 Å². The van der Waals surface area contributed by atoms with Crippen molar-refractivity contribution < 1.29 is 19.1 Å². The second-order valence-corrected chi connectivity index (χ2v) is 7.38. The maximum Gasteiger partial charge on any atom is 0.349 e. The zero-order chi connectivity index (χ0) is 18.7. The van der Waals surface area contributed by atoms with Gasteiger partial charge in [0, 0.05) is 16.1 Å². The van der Waals surface area contributed by atoms with Gasteiger partial charge in [-0.1, -0.05) is 0 Å². The number of esters is 1. The maximum absolute atomic E-state index is 12.3. The monoisotopic (exact) mass is 372 g/mol. The lowest BCUT2D eigenvalue weighted by molar-refractivity contribution is -0.123. The number of primary amides is 1. The van der Waals surface area contributed by atoms with Crippen molar-refractivity contribution in [2.24, 2.45) is 5.73 Å². The number of ether oxygens (including phenoxy) is 1. The second-order valence-electron chi connectivity index (χ2n) is 6.24. The number of rotatable bonds is 5. The quantitative estimate of drug-likeness (QED) is 0.789. The molecule has 3 N–H and O–H groups in total. The van der Waals surface area contributed by atoms with E-state index in [4.69, 9.17) is 10.5 Å². The summed E-state index contributed by atoms with van der Waals surface area (Å²) in [4.78, 5) is 37.4. The molecule has 1 aliphatic rings. The molecule has 0 spiro atoms. The highest BCUT2D eigenvalue weighted by Crippen LogP contribution is 2.30. The van der Waals surface area contributed by atoms with Gasteiger partial charge in [-0.25, -0.2) is 4.79 Å². The zero-order valence-corrected chi connectivity index (χ0v) is 15.2. The van der Waals surface area contributed by atoms with Crippen LogP contribution in [0.1, 0.15) is 50.2 Å². The topological polar surface area (TPSA) is 98.5 Å². The Bertz CT molecular complexity index is 818. The number of nitrogens with two attached hydrogens (primary N) is 1. The number of carbonyl (C=O) groups excluding carboxylic acids is 3. The third-order valence-corrected chi connectivity index (χ3v) is 5.50. The predicted molar refractivity (Wildman–Crippen MR) is 99.4 cm³/mol. The average molecular weight is 372 g/mol. The number of hydrogen-bond acceptors (Lipinski definition) is 5. The highest BCUT2D eigenvalue weighted by molar-refractivity contribution is 7.14. The van der Waals surface area contributed by atoms with Crippen molar-refractivity contribution in [1.29, 1.82) is 0 Å². The molecule has 1 aliphatic carbocycles. The Balaban J connectivity index is 1.59. The van der Waals surface area contributed by atoms with Gasteiger partial charge in [0.15, 0.2) is 6.10 Å². The van der Waals surface area contributed by atoms with E-state index in [1.807, 2.05) is 6.07 Å². The van der Waals surface area contributed by atoms with Gasteiger partial charge in [0.25, 0.3) is 5.91 Å². The van der Waals surface area contributed by atoms with Gasteiger partial charge < -0.3 is 15.8 Å². The molecule has 0 saturated carbocycles. The van der Waals surface area contributed by atoms with Crippen LogP contribution < -0.4 is 11.1 Å². The van der Waals surface area contributed by atoms with Gasteiger partial charge in [0.05, 0.1) is 0 Å². The molecule has 6 nitrogen and oxygen atoms in total. The van der Waals surface area contributed by atoms with Crippen molar-refractivity contribution in [3.63, 3.8) is 0 Å². The first kappa shape index (κ1) is 18.1. The largest absolute Gasteiger partial charge is 0.448 e. The lowest BCUT2D eigenvalue weighted by atomic mass is 9.99. The van der Waals surface area contributed by atoms with E-state index in [2.05, 4.69) is 5.32 Å². The van der Waals surface area contributed by atoms with Crippen molar-refractivity contribution >= 4 is 34.8 Å². The minimum absolute atomic E-state index is 0.351. The Hall–Kier alpha value is -2.67. The number of fused-ring (bicyclic) bond motifs is 1. The lowest BCUT2D eigenvalue weighted by Crippen LogP contribution is -2.29. The minimum atomic E-state index is -0.933. The van der Waals surface area contributed by atoms with Crippen LogP contribution in [0.4, 0.5) is 5.69 Å². The van der Waals surface area contributed by atoms with Gasteiger partial charge in [-0.3, -0.25) is 9.59 Å². The van der Waals surface area contributed by atoms with Crippen molar-refractivity contribution in [1.82, 2.24) is 0 Å². The molecule has 1 aromatic heterocycles. The lowest BCUT2D eigenvalue weighted by Gasteiger charge is -2.13. The third kappa shape index (κ3) is 4.11. The summed E-state index contributed by atoms with van der Waals surface area (Å²) in [5, 5.41) is 2.65. The van der Waals surface area contributed by atoms with Crippen molar-refractivity contribution in [3.05, 3.63) is 51.2 Å². The number of thiophene rings is 1. The van der Waals surface area contributed by atoms with E-state index < -0.39 is 23.9 Å². The van der Waals surface area contributed by atoms with Crippen molar-refractivity contribution in [2.45, 2.75) is 38.7 Å². The first-order valence-corrected chi connectivity index (χ1v) is 9.29. The summed E-state index contributed by atoms with van der Waals surface area (Å²) in [6.07, 6.45) is 3.36. The molecule has 0 saturated heterocycles. The summed E-state index contributed by atoms with van der Waals surface area (Å²) in [5.41, 5.74) is 7.24. The van der Waals surface area contributed by atoms with Gasteiger partial charge in [-0.15, -0.1) is 11.3 Å². The molecule has 2 aromatic rings. The average Bonchev–Trinajstić information content (AvgIpc) is 3.06. The number of carbonyl (C=O) groups is 3. The summed E-state index contributed by atoms with van der Waals surface area (Å²) < 4.78 is 5.30. The summed E-state index contributed by atoms with van der Waals surface area (Å²) in [7, 11) is 0. The molecule has 0 radical (unpaired) electrons. The summed E-state index contributed by atoms with van der Waals surface area (Å²) in [5.74, 6) is -1.45. The number of nitrogens with one attached hydrogen (secondary N) is 1. The van der Waals surface area contributed by atoms with E-state index in [1.165, 1.54) is 40.8 Å². The van der Waals surface area contributed by atoms with Crippen LogP contribution in [0.25, 0.3) is 0 Å². The van der Waals surface area contributed by atoms with Crippen LogP contribution in [0.2, 0.25) is 0 Å². The number of anilines is 1. The van der Waals surface area contributed by atoms with E-state index in [0.717, 1.165) is 25.7 Å². The van der Waals surface area contributed by atoms with Crippen molar-refractivity contribution in [2.75, 3.05) is 5.32 Å². The van der Waals surface area contributed by atoms with E-state index >= 15 is 0 Å². The van der Waals surface area contributed by atoms with Crippen LogP contribution in [0.15, 0.2) is 30.3 Å². The van der Waals surface area contributed by atoms with Gasteiger partial charge in [0.1, 0.15) is 4.88 Å². The molecular formula is C19H20N2O4S. The van der Waals surface area contributed by atoms with Gasteiger partial charge >= 0.3 is 5.97 Å². The molecule has 1 aromatic carbocycles. The van der Waals surface area contributed by atoms with Crippen LogP contribution in [0, 0.1) is 0 Å². The summed E-state index contributed by atoms with van der Waals surface area (Å²) in [6.45, 7) is 1.53. The van der Waals surface area contributed by atoms with E-state index in [1.54, 1.807) is 12.1 Å². The first-order chi connectivity index (χ1) is 12.4. The molecule has 0 aliphatic heterocycles. The predicted octanol–water partition coefficient (Wildman–Crippen LogP) is 2.91. The second kappa shape index (κ2) is 7.70. The Morgan fingerprint density at radius 3 is 2.50 bits per heavy atom. The molecule has 1 heterocycles. The molecule has 26 heavy (non-hydrogen) atoms. The molecule has 0 fully saturated rings. The molecule has 0 bridgehead atoms. The highest BCUT2D eigenvalue weighted by Gasteiger charge is 2.22. The molecule has 0 unspecified atom stereocenters. The number of hydrogen-bond donors (Lipinski definition) is 2.